The van der Waals surface area contributed by atoms with Gasteiger partial charge in [-0.05, 0) is 93.4 Å². The summed E-state index contributed by atoms with van der Waals surface area (Å²) in [5, 5.41) is 2.12. The van der Waals surface area contributed by atoms with E-state index in [2.05, 4.69) is 180 Å². The highest BCUT2D eigenvalue weighted by atomic mass is 16.5. The van der Waals surface area contributed by atoms with Crippen LogP contribution in [0.4, 0.5) is 34.1 Å². The average molecular weight is 662 g/mol. The van der Waals surface area contributed by atoms with Crippen LogP contribution in [0.1, 0.15) is 0 Å². The molecule has 0 saturated heterocycles. The van der Waals surface area contributed by atoms with Gasteiger partial charge in [-0.1, -0.05) is 109 Å². The lowest BCUT2D eigenvalue weighted by Crippen LogP contribution is -2.60. The number of ether oxygens (including phenoxy) is 2. The molecule has 0 saturated carbocycles. The predicted octanol–water partition coefficient (Wildman–Crippen LogP) is 7.65. The number of benzene rings is 8. The van der Waals surface area contributed by atoms with E-state index in [1.807, 2.05) is 0 Å². The summed E-state index contributed by atoms with van der Waals surface area (Å²) < 4.78 is 14.0. The lowest BCUT2D eigenvalue weighted by molar-refractivity contribution is 0.488. The molecule has 0 aromatic heterocycles. The van der Waals surface area contributed by atoms with Gasteiger partial charge in [0.15, 0.2) is 0 Å². The van der Waals surface area contributed by atoms with E-state index in [0.29, 0.717) is 0 Å². The minimum absolute atomic E-state index is 0.0324. The van der Waals surface area contributed by atoms with Crippen molar-refractivity contribution >= 4 is 91.1 Å². The van der Waals surface area contributed by atoms with Gasteiger partial charge in [-0.2, -0.15) is 0 Å². The van der Waals surface area contributed by atoms with E-state index in [4.69, 9.17) is 9.47 Å². The maximum atomic E-state index is 7.01. The molecule has 4 nitrogen and oxygen atoms in total. The average Bonchev–Trinajstić information content (AvgIpc) is 3.21. The van der Waals surface area contributed by atoms with Crippen LogP contribution in [0.15, 0.2) is 170 Å². The van der Waals surface area contributed by atoms with E-state index in [-0.39, 0.29) is 13.4 Å². The topological polar surface area (TPSA) is 24.9 Å². The van der Waals surface area contributed by atoms with Crippen molar-refractivity contribution in [3.8, 4) is 23.0 Å². The van der Waals surface area contributed by atoms with Crippen molar-refractivity contribution in [2.75, 3.05) is 9.80 Å². The Balaban J connectivity index is 1.06. The molecule has 0 fully saturated rings. The Morgan fingerprint density at radius 1 is 0.327 bits per heavy atom. The number of hydrogen-bond acceptors (Lipinski definition) is 4. The van der Waals surface area contributed by atoms with Gasteiger partial charge in [0.25, 0.3) is 13.4 Å². The lowest BCUT2D eigenvalue weighted by Gasteiger charge is -2.41. The van der Waals surface area contributed by atoms with Gasteiger partial charge in [0.1, 0.15) is 23.0 Å². The molecular weight excluding hydrogens is 634 g/mol. The molecule has 52 heavy (non-hydrogen) atoms. The third-order valence-corrected chi connectivity index (χ3v) is 11.4. The predicted molar refractivity (Wildman–Crippen MR) is 216 cm³/mol. The number of anilines is 6. The Hall–Kier alpha value is -6.65. The van der Waals surface area contributed by atoms with Gasteiger partial charge >= 0.3 is 0 Å². The minimum atomic E-state index is 0.0324. The maximum Gasteiger partial charge on any atom is 0.256 e. The molecule has 0 unspecified atom stereocenters. The van der Waals surface area contributed by atoms with Crippen molar-refractivity contribution in [2.45, 2.75) is 0 Å². The van der Waals surface area contributed by atoms with Crippen LogP contribution in [0.25, 0.3) is 10.8 Å². The first-order chi connectivity index (χ1) is 25.8. The van der Waals surface area contributed by atoms with Crippen LogP contribution >= 0.6 is 0 Å². The standard InChI is InChI=1S/C46H28B2N2O2/c1-3-13-29(14-4-1)49-37-19-9-7-17-33(37)47-35-27-25-32-31(45(35)51-41-23-11-21-39(49)43(41)47)26-28-36-46(32)52-42-24-12-22-40-44(42)48(36)34-18-8-10-20-38(34)50(40)30-15-5-2-6-16-30/h1-28H. The third kappa shape index (κ3) is 3.68. The Morgan fingerprint density at radius 3 is 1.19 bits per heavy atom. The molecular formula is C46H28B2N2O2. The lowest BCUT2D eigenvalue weighted by atomic mass is 9.33. The molecule has 0 bridgehead atoms. The summed E-state index contributed by atoms with van der Waals surface area (Å²) in [6, 6.07) is 60.9. The smallest absolute Gasteiger partial charge is 0.256 e. The third-order valence-electron chi connectivity index (χ3n) is 11.4. The molecule has 8 aromatic rings. The first-order valence-corrected chi connectivity index (χ1v) is 17.9. The fourth-order valence-corrected chi connectivity index (χ4v) is 9.30. The molecule has 0 amide bonds. The van der Waals surface area contributed by atoms with Gasteiger partial charge in [0, 0.05) is 44.9 Å². The maximum absolute atomic E-state index is 7.01. The summed E-state index contributed by atoms with van der Waals surface area (Å²) >= 11 is 0. The van der Waals surface area contributed by atoms with Gasteiger partial charge in [-0.3, -0.25) is 0 Å². The normalized spacial score (nSPS) is 13.9. The number of rotatable bonds is 2. The number of hydrogen-bond donors (Lipinski definition) is 0. The number of fused-ring (bicyclic) bond motifs is 11. The van der Waals surface area contributed by atoms with E-state index in [1.54, 1.807) is 0 Å². The van der Waals surface area contributed by atoms with Crippen LogP contribution in [0, 0.1) is 0 Å². The van der Waals surface area contributed by atoms with Gasteiger partial charge in [0.05, 0.1) is 0 Å². The highest BCUT2D eigenvalue weighted by molar-refractivity contribution is 7.00. The van der Waals surface area contributed by atoms with Crippen LogP contribution in [0.3, 0.4) is 0 Å². The zero-order valence-electron chi connectivity index (χ0n) is 28.0. The van der Waals surface area contributed by atoms with Crippen molar-refractivity contribution in [1.29, 1.82) is 0 Å². The van der Waals surface area contributed by atoms with Crippen LogP contribution in [-0.4, -0.2) is 13.4 Å². The van der Waals surface area contributed by atoms with Gasteiger partial charge in [0.2, 0.25) is 0 Å². The molecule has 0 aliphatic carbocycles. The Labute approximate surface area is 302 Å². The first-order valence-electron chi connectivity index (χ1n) is 17.9. The zero-order chi connectivity index (χ0) is 33.9. The van der Waals surface area contributed by atoms with Gasteiger partial charge in [-0.15, -0.1) is 0 Å². The van der Waals surface area contributed by atoms with E-state index in [0.717, 1.165) is 56.5 Å². The van der Waals surface area contributed by atoms with E-state index >= 15 is 0 Å². The van der Waals surface area contributed by atoms with Crippen molar-refractivity contribution in [3.05, 3.63) is 170 Å². The molecule has 240 valence electrons. The molecule has 12 rings (SSSR count). The Bertz CT molecular complexity index is 2600. The minimum Gasteiger partial charge on any atom is -0.458 e. The van der Waals surface area contributed by atoms with Crippen LogP contribution in [0.5, 0.6) is 23.0 Å². The molecule has 0 spiro atoms. The number of para-hydroxylation sites is 4. The summed E-state index contributed by atoms with van der Waals surface area (Å²) in [7, 11) is 0. The second-order valence-electron chi connectivity index (χ2n) is 14.0. The van der Waals surface area contributed by atoms with Crippen LogP contribution in [0.2, 0.25) is 0 Å². The van der Waals surface area contributed by atoms with Gasteiger partial charge < -0.3 is 19.3 Å². The van der Waals surface area contributed by atoms with E-state index < -0.39 is 0 Å². The molecule has 4 heterocycles. The molecule has 0 N–H and O–H groups in total. The van der Waals surface area contributed by atoms with E-state index in [9.17, 15) is 0 Å². The first kappa shape index (κ1) is 28.1. The second-order valence-corrected chi connectivity index (χ2v) is 14.0. The fraction of sp³-hybridized carbons (Fsp3) is 0. The van der Waals surface area contributed by atoms with E-state index in [1.165, 1.54) is 44.2 Å². The summed E-state index contributed by atoms with van der Waals surface area (Å²) in [4.78, 5) is 4.74. The monoisotopic (exact) mass is 662 g/mol. The number of nitrogens with zero attached hydrogens (tertiary/aromatic N) is 2. The second kappa shape index (κ2) is 10.4. The summed E-state index contributed by atoms with van der Waals surface area (Å²) in [6.07, 6.45) is 0. The van der Waals surface area contributed by atoms with Crippen LogP contribution in [-0.2, 0) is 0 Å². The Kier molecular flexibility index (Phi) is 5.64. The van der Waals surface area contributed by atoms with Crippen molar-refractivity contribution in [2.24, 2.45) is 0 Å². The summed E-state index contributed by atoms with van der Waals surface area (Å²) in [5.41, 5.74) is 14.3. The molecule has 6 heteroatoms. The van der Waals surface area contributed by atoms with Crippen molar-refractivity contribution in [3.63, 3.8) is 0 Å². The van der Waals surface area contributed by atoms with Crippen LogP contribution < -0.4 is 52.1 Å². The molecule has 4 aliphatic heterocycles. The highest BCUT2D eigenvalue weighted by Crippen LogP contribution is 2.45. The Morgan fingerprint density at radius 2 is 0.731 bits per heavy atom. The summed E-state index contributed by atoms with van der Waals surface area (Å²) in [5.74, 6) is 3.60. The largest absolute Gasteiger partial charge is 0.458 e. The zero-order valence-corrected chi connectivity index (χ0v) is 28.0. The molecule has 0 atom stereocenters. The highest BCUT2D eigenvalue weighted by Gasteiger charge is 2.44. The van der Waals surface area contributed by atoms with Crippen molar-refractivity contribution in [1.82, 2.24) is 0 Å². The molecule has 0 radical (unpaired) electrons. The SMILES string of the molecule is c1ccc(N2c3ccccc3B3c4ccc5c6c(ccc5c4Oc4cccc2c43)B2c3ccccc3N(c3ccccc3)c3cccc(c32)O6)cc1. The van der Waals surface area contributed by atoms with Crippen molar-refractivity contribution < 1.29 is 9.47 Å². The van der Waals surface area contributed by atoms with Gasteiger partial charge in [-0.25, -0.2) is 0 Å². The molecule has 8 aromatic carbocycles. The quantitative estimate of drug-likeness (QED) is 0.178. The summed E-state index contributed by atoms with van der Waals surface area (Å²) in [6.45, 7) is 0.0647. The molecule has 4 aliphatic rings. The fourth-order valence-electron chi connectivity index (χ4n) is 9.30.